The van der Waals surface area contributed by atoms with Gasteiger partial charge in [0.05, 0.1) is 16.7 Å². The maximum absolute atomic E-state index is 12.6. The van der Waals surface area contributed by atoms with Crippen LogP contribution in [0.25, 0.3) is 0 Å². The van der Waals surface area contributed by atoms with Crippen LogP contribution in [0.4, 0.5) is 5.69 Å². The number of nitriles is 1. The van der Waals surface area contributed by atoms with E-state index in [0.717, 1.165) is 4.31 Å². The number of sulfonamides is 1. The topological polar surface area (TPSA) is 61.2 Å². The molecule has 0 unspecified atom stereocenters. The third-order valence-corrected chi connectivity index (χ3v) is 4.70. The lowest BCUT2D eigenvalue weighted by Crippen LogP contribution is -2.31. The highest BCUT2D eigenvalue weighted by Gasteiger charge is 2.24. The fourth-order valence-corrected chi connectivity index (χ4v) is 3.19. The van der Waals surface area contributed by atoms with E-state index in [2.05, 4.69) is 0 Å². The van der Waals surface area contributed by atoms with Crippen LogP contribution < -0.4 is 4.31 Å². The lowest BCUT2D eigenvalue weighted by atomic mass is 10.3. The molecule has 0 radical (unpaired) electrons. The molecule has 6 heteroatoms. The minimum atomic E-state index is -3.78. The van der Waals surface area contributed by atoms with Gasteiger partial charge in [-0.2, -0.15) is 5.26 Å². The van der Waals surface area contributed by atoms with Crippen molar-refractivity contribution in [2.45, 2.75) is 4.90 Å². The van der Waals surface area contributed by atoms with Crippen LogP contribution in [0, 0.1) is 11.3 Å². The fourth-order valence-electron chi connectivity index (χ4n) is 1.71. The summed E-state index contributed by atoms with van der Waals surface area (Å²) in [7, 11) is -3.78. The Bertz CT molecular complexity index is 722. The Morgan fingerprint density at radius 3 is 2.20 bits per heavy atom. The second kappa shape index (κ2) is 5.95. The highest BCUT2D eigenvalue weighted by atomic mass is 35.5. The lowest BCUT2D eigenvalue weighted by molar-refractivity contribution is 0.593. The number of rotatable bonds is 4. The van der Waals surface area contributed by atoms with Gasteiger partial charge in [-0.05, 0) is 36.4 Å². The van der Waals surface area contributed by atoms with Crippen molar-refractivity contribution in [2.75, 3.05) is 10.8 Å². The van der Waals surface area contributed by atoms with Crippen LogP contribution in [0.5, 0.6) is 0 Å². The van der Waals surface area contributed by atoms with Crippen LogP contribution in [0.15, 0.2) is 59.5 Å². The summed E-state index contributed by atoms with van der Waals surface area (Å²) in [6, 6.07) is 16.2. The van der Waals surface area contributed by atoms with Crippen molar-refractivity contribution >= 4 is 27.3 Å². The van der Waals surface area contributed by atoms with E-state index in [1.165, 1.54) is 24.3 Å². The van der Waals surface area contributed by atoms with E-state index in [0.29, 0.717) is 10.7 Å². The highest BCUT2D eigenvalue weighted by molar-refractivity contribution is 7.92. The summed E-state index contributed by atoms with van der Waals surface area (Å²) in [5.41, 5.74) is 0.448. The van der Waals surface area contributed by atoms with Crippen LogP contribution in [-0.4, -0.2) is 15.0 Å². The highest BCUT2D eigenvalue weighted by Crippen LogP contribution is 2.24. The van der Waals surface area contributed by atoms with E-state index in [1.54, 1.807) is 30.3 Å². The summed E-state index contributed by atoms with van der Waals surface area (Å²) in [5, 5.41) is 9.33. The first-order chi connectivity index (χ1) is 9.55. The quantitative estimate of drug-likeness (QED) is 0.816. The standard InChI is InChI=1S/C14H11ClN2O2S/c15-12-6-8-14(9-7-12)20(18,19)17(11-10-16)13-4-2-1-3-5-13/h1-9H,11H2. The number of anilines is 1. The Morgan fingerprint density at radius 1 is 1.05 bits per heavy atom. The molecule has 0 saturated heterocycles. The molecule has 102 valence electrons. The first-order valence-corrected chi connectivity index (χ1v) is 7.58. The Labute approximate surface area is 122 Å². The second-order valence-corrected chi connectivity index (χ2v) is 6.26. The minimum Gasteiger partial charge on any atom is -0.252 e. The van der Waals surface area contributed by atoms with Crippen LogP contribution >= 0.6 is 11.6 Å². The molecular formula is C14H11ClN2O2S. The summed E-state index contributed by atoms with van der Waals surface area (Å²) in [6.07, 6.45) is 0. The average molecular weight is 307 g/mol. The van der Waals surface area contributed by atoms with Gasteiger partial charge in [-0.25, -0.2) is 8.42 Å². The van der Waals surface area contributed by atoms with Crippen molar-refractivity contribution in [1.29, 1.82) is 5.26 Å². The third-order valence-electron chi connectivity index (χ3n) is 2.66. The van der Waals surface area contributed by atoms with Crippen molar-refractivity contribution in [3.63, 3.8) is 0 Å². The van der Waals surface area contributed by atoms with E-state index in [4.69, 9.17) is 16.9 Å². The van der Waals surface area contributed by atoms with Gasteiger partial charge in [-0.1, -0.05) is 29.8 Å². The molecule has 2 aromatic rings. The maximum atomic E-state index is 12.6. The first-order valence-electron chi connectivity index (χ1n) is 5.76. The number of nitrogens with zero attached hydrogens (tertiary/aromatic N) is 2. The van der Waals surface area contributed by atoms with Gasteiger partial charge in [0.2, 0.25) is 0 Å². The molecule has 0 aliphatic rings. The molecule has 2 aromatic carbocycles. The van der Waals surface area contributed by atoms with Crippen LogP contribution in [-0.2, 0) is 10.0 Å². The monoisotopic (exact) mass is 306 g/mol. The number of benzene rings is 2. The molecule has 0 heterocycles. The number of hydrogen-bond acceptors (Lipinski definition) is 3. The minimum absolute atomic E-state index is 0.0982. The van der Waals surface area contributed by atoms with E-state index < -0.39 is 10.0 Å². The Balaban J connectivity index is 2.48. The first kappa shape index (κ1) is 14.4. The summed E-state index contributed by atoms with van der Waals surface area (Å²) in [6.45, 7) is -0.255. The summed E-state index contributed by atoms with van der Waals surface area (Å²) in [5.74, 6) is 0. The number of para-hydroxylation sites is 1. The molecule has 0 atom stereocenters. The summed E-state index contributed by atoms with van der Waals surface area (Å²) >= 11 is 5.76. The van der Waals surface area contributed by atoms with Gasteiger partial charge in [-0.3, -0.25) is 4.31 Å². The van der Waals surface area contributed by atoms with E-state index in [-0.39, 0.29) is 11.4 Å². The van der Waals surface area contributed by atoms with Gasteiger partial charge in [0.1, 0.15) is 6.54 Å². The van der Waals surface area contributed by atoms with Gasteiger partial charge in [0, 0.05) is 5.02 Å². The van der Waals surface area contributed by atoms with Crippen LogP contribution in [0.3, 0.4) is 0 Å². The van der Waals surface area contributed by atoms with E-state index >= 15 is 0 Å². The molecule has 0 bridgehead atoms. The second-order valence-electron chi connectivity index (χ2n) is 3.96. The summed E-state index contributed by atoms with van der Waals surface area (Å²) in [4.78, 5) is 0.0982. The smallest absolute Gasteiger partial charge is 0.252 e. The molecule has 0 fully saturated rings. The van der Waals surface area contributed by atoms with Gasteiger partial charge < -0.3 is 0 Å². The fraction of sp³-hybridized carbons (Fsp3) is 0.0714. The van der Waals surface area contributed by atoms with Gasteiger partial charge in [0.15, 0.2) is 0 Å². The summed E-state index contributed by atoms with van der Waals surface area (Å²) < 4.78 is 26.2. The molecule has 0 amide bonds. The van der Waals surface area contributed by atoms with Gasteiger partial charge >= 0.3 is 0 Å². The van der Waals surface area contributed by atoms with E-state index in [9.17, 15) is 8.42 Å². The third kappa shape index (κ3) is 2.93. The lowest BCUT2D eigenvalue weighted by Gasteiger charge is -2.21. The van der Waals surface area contributed by atoms with Crippen molar-refractivity contribution in [3.05, 3.63) is 59.6 Å². The predicted octanol–water partition coefficient (Wildman–Crippen LogP) is 3.06. The van der Waals surface area contributed by atoms with Crippen molar-refractivity contribution in [2.24, 2.45) is 0 Å². The molecule has 0 saturated carbocycles. The van der Waals surface area contributed by atoms with E-state index in [1.807, 2.05) is 6.07 Å². The van der Waals surface area contributed by atoms with Crippen LogP contribution in [0.1, 0.15) is 0 Å². The Kier molecular flexibility index (Phi) is 4.28. The van der Waals surface area contributed by atoms with Crippen molar-refractivity contribution in [1.82, 2.24) is 0 Å². The molecule has 0 aromatic heterocycles. The molecule has 0 N–H and O–H groups in total. The largest absolute Gasteiger partial charge is 0.265 e. The maximum Gasteiger partial charge on any atom is 0.265 e. The number of hydrogen-bond donors (Lipinski definition) is 0. The number of halogens is 1. The van der Waals surface area contributed by atoms with Gasteiger partial charge in [0.25, 0.3) is 10.0 Å². The van der Waals surface area contributed by atoms with Crippen molar-refractivity contribution < 1.29 is 8.42 Å². The van der Waals surface area contributed by atoms with Gasteiger partial charge in [-0.15, -0.1) is 0 Å². The molecule has 0 aliphatic carbocycles. The molecule has 0 aliphatic heterocycles. The van der Waals surface area contributed by atoms with Crippen molar-refractivity contribution in [3.8, 4) is 6.07 Å². The zero-order valence-corrected chi connectivity index (χ0v) is 12.0. The molecule has 20 heavy (non-hydrogen) atoms. The molecule has 4 nitrogen and oxygen atoms in total. The predicted molar refractivity (Wildman–Crippen MR) is 78.0 cm³/mol. The molecular weight excluding hydrogens is 296 g/mol. The molecule has 0 spiro atoms. The zero-order chi connectivity index (χ0) is 14.6. The average Bonchev–Trinajstić information content (AvgIpc) is 2.46. The van der Waals surface area contributed by atoms with Crippen LogP contribution in [0.2, 0.25) is 5.02 Å². The Hall–Kier alpha value is -2.03. The SMILES string of the molecule is N#CCN(c1ccccc1)S(=O)(=O)c1ccc(Cl)cc1. The normalized spacial score (nSPS) is 10.8. The Morgan fingerprint density at radius 2 is 1.65 bits per heavy atom. The zero-order valence-electron chi connectivity index (χ0n) is 10.4. The molecule has 2 rings (SSSR count).